The molecule has 0 aliphatic carbocycles. The number of nitro benzene ring substituents is 1. The van der Waals surface area contributed by atoms with Crippen molar-refractivity contribution in [3.05, 3.63) is 124 Å². The van der Waals surface area contributed by atoms with Crippen molar-refractivity contribution in [3.8, 4) is 0 Å². The number of amides is 2. The average molecular weight is 495 g/mol. The van der Waals surface area contributed by atoms with Crippen LogP contribution in [-0.4, -0.2) is 26.5 Å². The molecule has 0 bridgehead atoms. The van der Waals surface area contributed by atoms with E-state index in [1.165, 1.54) is 23.0 Å². The maximum absolute atomic E-state index is 13.5. The van der Waals surface area contributed by atoms with Crippen LogP contribution in [0.2, 0.25) is 0 Å². The Morgan fingerprint density at radius 2 is 1.54 bits per heavy atom. The molecule has 1 aliphatic rings. The zero-order valence-corrected chi connectivity index (χ0v) is 19.7. The Kier molecular flexibility index (Phi) is 6.21. The predicted octanol–water partition coefficient (Wildman–Crippen LogP) is 4.97. The van der Waals surface area contributed by atoms with Crippen LogP contribution in [0.15, 0.2) is 102 Å². The lowest BCUT2D eigenvalue weighted by Crippen LogP contribution is -2.32. The molecule has 4 aromatic rings. The van der Waals surface area contributed by atoms with E-state index in [0.717, 1.165) is 0 Å². The molecule has 0 saturated heterocycles. The fraction of sp³-hybridized carbons (Fsp3) is 0.0741. The molecule has 0 saturated carbocycles. The number of hydrogen-bond donors (Lipinski definition) is 3. The number of nitrogens with one attached hydrogen (secondary N) is 3. The normalized spacial score (nSPS) is 14.4. The fourth-order valence-electron chi connectivity index (χ4n) is 4.27. The fourth-order valence-corrected chi connectivity index (χ4v) is 4.27. The van der Waals surface area contributed by atoms with Crippen molar-refractivity contribution >= 4 is 34.7 Å². The number of carbonyl (C=O) groups excluding carboxylic acids is 2. The lowest BCUT2D eigenvalue weighted by Gasteiger charge is -2.30. The van der Waals surface area contributed by atoms with E-state index in [0.29, 0.717) is 34.0 Å². The van der Waals surface area contributed by atoms with Gasteiger partial charge in [-0.2, -0.15) is 5.10 Å². The Balaban J connectivity index is 1.58. The first-order valence-corrected chi connectivity index (χ1v) is 11.4. The Bertz CT molecular complexity index is 1530. The first kappa shape index (κ1) is 23.5. The number of non-ortho nitro benzene ring substituents is 1. The van der Waals surface area contributed by atoms with Gasteiger partial charge in [-0.25, -0.2) is 4.68 Å². The summed E-state index contributed by atoms with van der Waals surface area (Å²) in [7, 11) is 0. The SMILES string of the molecule is CC1=C(C(=O)Nc2ccccc2)[C@@H](c2cccc([N+](=O)[O-])c2)n2ncc(C(=O)Nc3ccccc3)c2N1. The summed E-state index contributed by atoms with van der Waals surface area (Å²) < 4.78 is 1.51. The van der Waals surface area contributed by atoms with Crippen molar-refractivity contribution in [2.75, 3.05) is 16.0 Å². The van der Waals surface area contributed by atoms with Gasteiger partial charge in [0.1, 0.15) is 17.4 Å². The molecule has 184 valence electrons. The van der Waals surface area contributed by atoms with Gasteiger partial charge >= 0.3 is 0 Å². The maximum atomic E-state index is 13.5. The van der Waals surface area contributed by atoms with Gasteiger partial charge in [-0.3, -0.25) is 19.7 Å². The zero-order chi connectivity index (χ0) is 25.9. The summed E-state index contributed by atoms with van der Waals surface area (Å²) in [4.78, 5) is 37.6. The summed E-state index contributed by atoms with van der Waals surface area (Å²) in [6, 6.07) is 23.2. The Labute approximate surface area is 211 Å². The smallest absolute Gasteiger partial charge is 0.269 e. The second kappa shape index (κ2) is 9.78. The van der Waals surface area contributed by atoms with Crippen LogP contribution in [-0.2, 0) is 4.79 Å². The summed E-state index contributed by atoms with van der Waals surface area (Å²) in [6.45, 7) is 1.72. The number of fused-ring (bicyclic) bond motifs is 1. The van der Waals surface area contributed by atoms with Crippen LogP contribution in [0.25, 0.3) is 0 Å². The van der Waals surface area contributed by atoms with E-state index in [-0.39, 0.29) is 17.2 Å². The average Bonchev–Trinajstić information content (AvgIpc) is 3.32. The van der Waals surface area contributed by atoms with Crippen LogP contribution >= 0.6 is 0 Å². The molecular weight excluding hydrogens is 472 g/mol. The second-order valence-electron chi connectivity index (χ2n) is 8.41. The van der Waals surface area contributed by atoms with E-state index in [2.05, 4.69) is 21.0 Å². The van der Waals surface area contributed by atoms with Crippen LogP contribution in [0.3, 0.4) is 0 Å². The molecule has 1 atom stereocenters. The number of benzene rings is 3. The molecule has 2 heterocycles. The van der Waals surface area contributed by atoms with E-state index < -0.39 is 16.9 Å². The molecule has 10 heteroatoms. The molecule has 2 amide bonds. The molecule has 3 aromatic carbocycles. The molecule has 0 spiro atoms. The van der Waals surface area contributed by atoms with Gasteiger partial charge in [0.25, 0.3) is 17.5 Å². The molecule has 1 aromatic heterocycles. The topological polar surface area (TPSA) is 131 Å². The Morgan fingerprint density at radius 3 is 2.16 bits per heavy atom. The number of anilines is 3. The number of para-hydroxylation sites is 2. The van der Waals surface area contributed by atoms with E-state index >= 15 is 0 Å². The molecule has 0 fully saturated rings. The van der Waals surface area contributed by atoms with Gasteiger partial charge in [0, 0.05) is 29.2 Å². The highest BCUT2D eigenvalue weighted by Gasteiger charge is 2.36. The van der Waals surface area contributed by atoms with Gasteiger partial charge in [-0.15, -0.1) is 0 Å². The van der Waals surface area contributed by atoms with Crippen molar-refractivity contribution in [2.45, 2.75) is 13.0 Å². The molecule has 0 radical (unpaired) electrons. The quantitative estimate of drug-likeness (QED) is 0.256. The van der Waals surface area contributed by atoms with Crippen LogP contribution in [0, 0.1) is 10.1 Å². The Morgan fingerprint density at radius 1 is 0.919 bits per heavy atom. The number of carbonyl (C=O) groups is 2. The maximum Gasteiger partial charge on any atom is 0.269 e. The van der Waals surface area contributed by atoms with Gasteiger partial charge in [0.05, 0.1) is 16.7 Å². The first-order valence-electron chi connectivity index (χ1n) is 11.4. The Hall–Kier alpha value is -5.25. The highest BCUT2D eigenvalue weighted by Crippen LogP contribution is 2.38. The lowest BCUT2D eigenvalue weighted by atomic mass is 9.94. The third kappa shape index (κ3) is 4.67. The molecule has 37 heavy (non-hydrogen) atoms. The second-order valence-corrected chi connectivity index (χ2v) is 8.41. The number of aromatic nitrogens is 2. The molecule has 1 aliphatic heterocycles. The van der Waals surface area contributed by atoms with E-state index in [1.807, 2.05) is 24.3 Å². The number of rotatable bonds is 6. The van der Waals surface area contributed by atoms with E-state index in [4.69, 9.17) is 0 Å². The summed E-state index contributed by atoms with van der Waals surface area (Å²) in [5.41, 5.74) is 2.65. The molecular formula is C27H22N6O4. The van der Waals surface area contributed by atoms with E-state index in [9.17, 15) is 19.7 Å². The minimum absolute atomic E-state index is 0.118. The van der Waals surface area contributed by atoms with Gasteiger partial charge in [0.2, 0.25) is 0 Å². The summed E-state index contributed by atoms with van der Waals surface area (Å²) in [6.07, 6.45) is 1.41. The third-order valence-electron chi connectivity index (χ3n) is 5.97. The van der Waals surface area contributed by atoms with Crippen molar-refractivity contribution in [1.29, 1.82) is 0 Å². The van der Waals surface area contributed by atoms with Crippen molar-refractivity contribution in [1.82, 2.24) is 9.78 Å². The van der Waals surface area contributed by atoms with Crippen LogP contribution < -0.4 is 16.0 Å². The third-order valence-corrected chi connectivity index (χ3v) is 5.97. The van der Waals surface area contributed by atoms with Crippen molar-refractivity contribution < 1.29 is 14.5 Å². The van der Waals surface area contributed by atoms with Gasteiger partial charge in [-0.05, 0) is 36.8 Å². The largest absolute Gasteiger partial charge is 0.343 e. The van der Waals surface area contributed by atoms with Gasteiger partial charge < -0.3 is 16.0 Å². The lowest BCUT2D eigenvalue weighted by molar-refractivity contribution is -0.384. The molecule has 3 N–H and O–H groups in total. The summed E-state index contributed by atoms with van der Waals surface area (Å²) in [5, 5.41) is 24.8. The number of allylic oxidation sites excluding steroid dienone is 1. The van der Waals surface area contributed by atoms with Gasteiger partial charge in [0.15, 0.2) is 0 Å². The minimum atomic E-state index is -0.821. The molecule has 5 rings (SSSR count). The predicted molar refractivity (Wildman–Crippen MR) is 139 cm³/mol. The molecule has 10 nitrogen and oxygen atoms in total. The monoisotopic (exact) mass is 494 g/mol. The summed E-state index contributed by atoms with van der Waals surface area (Å²) in [5.74, 6) is -0.412. The standard InChI is InChI=1S/C27H22N6O4/c1-17-23(27(35)31-20-12-6-3-7-13-20)24(18-9-8-14-21(15-18)33(36)37)32-25(29-17)22(16-28-32)26(34)30-19-10-4-2-5-11-19/h2-16,24,29H,1H3,(H,30,34)(H,31,35)/t24-/m1/s1. The van der Waals surface area contributed by atoms with Crippen LogP contribution in [0.4, 0.5) is 22.9 Å². The first-order chi connectivity index (χ1) is 17.9. The minimum Gasteiger partial charge on any atom is -0.343 e. The number of hydrogen-bond acceptors (Lipinski definition) is 6. The van der Waals surface area contributed by atoms with Crippen molar-refractivity contribution in [2.24, 2.45) is 0 Å². The van der Waals surface area contributed by atoms with Crippen LogP contribution in [0.1, 0.15) is 28.9 Å². The number of nitrogens with zero attached hydrogens (tertiary/aromatic N) is 3. The highest BCUT2D eigenvalue weighted by molar-refractivity contribution is 6.09. The van der Waals surface area contributed by atoms with Gasteiger partial charge in [-0.1, -0.05) is 48.5 Å². The highest BCUT2D eigenvalue weighted by atomic mass is 16.6. The number of nitro groups is 1. The summed E-state index contributed by atoms with van der Waals surface area (Å²) >= 11 is 0. The van der Waals surface area contributed by atoms with Crippen LogP contribution in [0.5, 0.6) is 0 Å². The van der Waals surface area contributed by atoms with E-state index in [1.54, 1.807) is 55.5 Å². The van der Waals surface area contributed by atoms with Crippen molar-refractivity contribution in [3.63, 3.8) is 0 Å². The molecule has 0 unspecified atom stereocenters. The zero-order valence-electron chi connectivity index (χ0n) is 19.7.